The highest BCUT2D eigenvalue weighted by Crippen LogP contribution is 2.31. The molecular formula is C21H18BrN7O. The predicted octanol–water partition coefficient (Wildman–Crippen LogP) is 3.38. The van der Waals surface area contributed by atoms with Crippen molar-refractivity contribution in [1.29, 1.82) is 0 Å². The third kappa shape index (κ3) is 3.26. The van der Waals surface area contributed by atoms with Gasteiger partial charge in [-0.25, -0.2) is 0 Å². The van der Waals surface area contributed by atoms with Gasteiger partial charge in [-0.2, -0.15) is 15.1 Å². The molecule has 0 fully saturated rings. The quantitative estimate of drug-likeness (QED) is 0.429. The lowest BCUT2D eigenvalue weighted by atomic mass is 9.97. The molecular weight excluding hydrogens is 446 g/mol. The molecule has 3 heterocycles. The van der Waals surface area contributed by atoms with E-state index in [-0.39, 0.29) is 17.9 Å². The highest BCUT2D eigenvalue weighted by Gasteiger charge is 2.30. The Kier molecular flexibility index (Phi) is 4.59. The Morgan fingerprint density at radius 1 is 1.17 bits per heavy atom. The highest BCUT2D eigenvalue weighted by atomic mass is 79.9. The molecule has 0 spiro atoms. The SMILES string of the molecule is Nc1nc(NC2Cc3ccccc3N(C(=O)c3ccccc3Br)C2)c2cn[nH]c2n1. The van der Waals surface area contributed by atoms with Gasteiger partial charge in [-0.15, -0.1) is 0 Å². The van der Waals surface area contributed by atoms with E-state index in [2.05, 4.69) is 41.4 Å². The molecule has 1 amide bonds. The lowest BCUT2D eigenvalue weighted by Gasteiger charge is -2.35. The second kappa shape index (κ2) is 7.42. The number of hydrogen-bond donors (Lipinski definition) is 3. The first kappa shape index (κ1) is 18.6. The van der Waals surface area contributed by atoms with Gasteiger partial charge in [0.1, 0.15) is 5.82 Å². The molecule has 4 aromatic rings. The summed E-state index contributed by atoms with van der Waals surface area (Å²) in [5, 5.41) is 11.1. The summed E-state index contributed by atoms with van der Waals surface area (Å²) in [5.41, 5.74) is 9.06. The molecule has 1 aliphatic heterocycles. The molecule has 1 unspecified atom stereocenters. The maximum Gasteiger partial charge on any atom is 0.259 e. The summed E-state index contributed by atoms with van der Waals surface area (Å²) in [7, 11) is 0. The second-order valence-corrected chi connectivity index (χ2v) is 7.99. The van der Waals surface area contributed by atoms with E-state index in [0.29, 0.717) is 23.6 Å². The van der Waals surface area contributed by atoms with Crippen LogP contribution < -0.4 is 16.0 Å². The summed E-state index contributed by atoms with van der Waals surface area (Å²) in [6.07, 6.45) is 2.41. The number of nitrogen functional groups attached to an aromatic ring is 1. The Morgan fingerprint density at radius 2 is 1.97 bits per heavy atom. The van der Waals surface area contributed by atoms with E-state index in [0.717, 1.165) is 27.5 Å². The standard InChI is InChI=1S/C21H18BrN7O/c22-16-7-3-2-6-14(16)20(30)29-11-13(9-12-5-1-4-8-17(12)29)25-18-15-10-24-28-19(15)27-21(23)26-18/h1-8,10,13H,9,11H2,(H4,23,24,25,26,27,28). The van der Waals surface area contributed by atoms with Gasteiger partial charge in [-0.3, -0.25) is 9.89 Å². The average molecular weight is 464 g/mol. The third-order valence-electron chi connectivity index (χ3n) is 5.17. The van der Waals surface area contributed by atoms with Crippen LogP contribution >= 0.6 is 15.9 Å². The molecule has 2 aromatic carbocycles. The van der Waals surface area contributed by atoms with Crippen LogP contribution in [0.3, 0.4) is 0 Å². The largest absolute Gasteiger partial charge is 0.368 e. The van der Waals surface area contributed by atoms with Crippen molar-refractivity contribution in [3.63, 3.8) is 0 Å². The minimum atomic E-state index is -0.0583. The number of carbonyl (C=O) groups excluding carboxylic acids is 1. The number of nitrogens with one attached hydrogen (secondary N) is 2. The number of aromatic amines is 1. The Hall–Kier alpha value is -3.46. The molecule has 0 aliphatic carbocycles. The Balaban J connectivity index is 1.51. The number of nitrogens with two attached hydrogens (primary N) is 1. The van der Waals surface area contributed by atoms with Crippen molar-refractivity contribution in [2.75, 3.05) is 22.5 Å². The van der Waals surface area contributed by atoms with Crippen LogP contribution in [0.25, 0.3) is 11.0 Å². The summed E-state index contributed by atoms with van der Waals surface area (Å²) in [5.74, 6) is 0.701. The molecule has 4 N–H and O–H groups in total. The van der Waals surface area contributed by atoms with Gasteiger partial charge in [0.25, 0.3) is 5.91 Å². The molecule has 8 nitrogen and oxygen atoms in total. The molecule has 2 aromatic heterocycles. The van der Waals surface area contributed by atoms with Crippen LogP contribution in [0.2, 0.25) is 0 Å². The van der Waals surface area contributed by atoms with Gasteiger partial charge >= 0.3 is 0 Å². The van der Waals surface area contributed by atoms with Gasteiger partial charge in [-0.05, 0) is 46.1 Å². The smallest absolute Gasteiger partial charge is 0.259 e. The Morgan fingerprint density at radius 3 is 2.83 bits per heavy atom. The van der Waals surface area contributed by atoms with Crippen LogP contribution in [-0.4, -0.2) is 38.7 Å². The van der Waals surface area contributed by atoms with Crippen molar-refractivity contribution < 1.29 is 4.79 Å². The van der Waals surface area contributed by atoms with Crippen molar-refractivity contribution in [3.05, 3.63) is 70.3 Å². The minimum absolute atomic E-state index is 0.0567. The molecule has 1 aliphatic rings. The first-order chi connectivity index (χ1) is 14.6. The number of halogens is 1. The van der Waals surface area contributed by atoms with Crippen LogP contribution in [0.15, 0.2) is 59.2 Å². The van der Waals surface area contributed by atoms with Crippen molar-refractivity contribution in [3.8, 4) is 0 Å². The molecule has 30 heavy (non-hydrogen) atoms. The first-order valence-electron chi connectivity index (χ1n) is 9.47. The van der Waals surface area contributed by atoms with Gasteiger partial charge in [0.05, 0.1) is 17.1 Å². The van der Waals surface area contributed by atoms with Gasteiger partial charge in [0.2, 0.25) is 5.95 Å². The molecule has 0 saturated carbocycles. The van der Waals surface area contributed by atoms with E-state index in [1.54, 1.807) is 6.20 Å². The van der Waals surface area contributed by atoms with Gasteiger partial charge < -0.3 is 16.0 Å². The maximum absolute atomic E-state index is 13.4. The lowest BCUT2D eigenvalue weighted by Crippen LogP contribution is -2.45. The van der Waals surface area contributed by atoms with E-state index < -0.39 is 0 Å². The van der Waals surface area contributed by atoms with Gasteiger partial charge in [0.15, 0.2) is 5.65 Å². The van der Waals surface area contributed by atoms with Gasteiger partial charge in [0, 0.05) is 22.7 Å². The number of aromatic nitrogens is 4. The molecule has 5 rings (SSSR count). The zero-order valence-electron chi connectivity index (χ0n) is 15.8. The normalized spacial score (nSPS) is 15.8. The predicted molar refractivity (Wildman–Crippen MR) is 119 cm³/mol. The molecule has 0 saturated heterocycles. The van der Waals surface area contributed by atoms with Crippen molar-refractivity contribution in [1.82, 2.24) is 20.2 Å². The van der Waals surface area contributed by atoms with Crippen LogP contribution in [0.1, 0.15) is 15.9 Å². The number of hydrogen-bond acceptors (Lipinski definition) is 6. The monoisotopic (exact) mass is 463 g/mol. The zero-order chi connectivity index (χ0) is 20.7. The first-order valence-corrected chi connectivity index (χ1v) is 10.3. The highest BCUT2D eigenvalue weighted by molar-refractivity contribution is 9.10. The van der Waals surface area contributed by atoms with Crippen LogP contribution in [0.5, 0.6) is 0 Å². The molecule has 0 bridgehead atoms. The minimum Gasteiger partial charge on any atom is -0.368 e. The number of benzene rings is 2. The van der Waals surface area contributed by atoms with E-state index in [1.165, 1.54) is 0 Å². The van der Waals surface area contributed by atoms with E-state index in [4.69, 9.17) is 5.73 Å². The van der Waals surface area contributed by atoms with Crippen molar-refractivity contribution in [2.24, 2.45) is 0 Å². The van der Waals surface area contributed by atoms with Crippen LogP contribution in [-0.2, 0) is 6.42 Å². The number of anilines is 3. The maximum atomic E-state index is 13.4. The number of H-pyrrole nitrogens is 1. The summed E-state index contributed by atoms with van der Waals surface area (Å²) >= 11 is 3.50. The summed E-state index contributed by atoms with van der Waals surface area (Å²) in [4.78, 5) is 23.7. The average Bonchev–Trinajstić information content (AvgIpc) is 3.22. The van der Waals surface area contributed by atoms with E-state index >= 15 is 0 Å². The molecule has 0 radical (unpaired) electrons. The van der Waals surface area contributed by atoms with Crippen molar-refractivity contribution >= 4 is 50.3 Å². The number of nitrogens with zero attached hydrogens (tertiary/aromatic N) is 4. The third-order valence-corrected chi connectivity index (χ3v) is 5.86. The molecule has 150 valence electrons. The summed E-state index contributed by atoms with van der Waals surface area (Å²) < 4.78 is 0.770. The molecule has 1 atom stereocenters. The van der Waals surface area contributed by atoms with Crippen LogP contribution in [0, 0.1) is 0 Å². The zero-order valence-corrected chi connectivity index (χ0v) is 17.4. The number of carbonyl (C=O) groups is 1. The van der Waals surface area contributed by atoms with Crippen LogP contribution in [0.4, 0.5) is 17.5 Å². The van der Waals surface area contributed by atoms with E-state index in [9.17, 15) is 4.79 Å². The number of amides is 1. The number of rotatable bonds is 3. The van der Waals surface area contributed by atoms with Crippen molar-refractivity contribution in [2.45, 2.75) is 12.5 Å². The topological polar surface area (TPSA) is 113 Å². The summed E-state index contributed by atoms with van der Waals surface area (Å²) in [6.45, 7) is 0.487. The fraction of sp³-hybridized carbons (Fsp3) is 0.143. The Labute approximate surface area is 180 Å². The number of para-hydroxylation sites is 1. The van der Waals surface area contributed by atoms with Gasteiger partial charge in [-0.1, -0.05) is 30.3 Å². The van der Waals surface area contributed by atoms with E-state index in [1.807, 2.05) is 53.4 Å². The second-order valence-electron chi connectivity index (χ2n) is 7.13. The fourth-order valence-electron chi connectivity index (χ4n) is 3.82. The lowest BCUT2D eigenvalue weighted by molar-refractivity contribution is 0.0983. The molecule has 9 heteroatoms. The number of fused-ring (bicyclic) bond motifs is 2. The Bertz CT molecular complexity index is 1260. The fourth-order valence-corrected chi connectivity index (χ4v) is 4.27. The summed E-state index contributed by atoms with van der Waals surface area (Å²) in [6, 6.07) is 15.4.